The van der Waals surface area contributed by atoms with Crippen LogP contribution in [0.15, 0.2) is 36.4 Å². The van der Waals surface area contributed by atoms with Crippen LogP contribution in [0.25, 0.3) is 0 Å². The standard InChI is InChI=1S/C30H42ClN3O5S/c1-9-20(4)34(28(37)23(15-16-40-8)32-29(38)39-30(5,6)7)26(21-13-14-24(35)19(3)17-21)27(36)33-25-18(2)11-10-12-22(25)31/h10-14,17,20,23,26,35H,9,15-16H2,1-8H3,(H,32,38)(H,33,36). The quantitative estimate of drug-likeness (QED) is 0.271. The topological polar surface area (TPSA) is 108 Å². The second kappa shape index (κ2) is 14.6. The number of hydrogen-bond donors (Lipinski definition) is 3. The van der Waals surface area contributed by atoms with E-state index >= 15 is 0 Å². The van der Waals surface area contributed by atoms with Crippen molar-refractivity contribution in [2.75, 3.05) is 17.3 Å². The van der Waals surface area contributed by atoms with E-state index < -0.39 is 35.6 Å². The number of carbonyl (C=O) groups excluding carboxylic acids is 3. The lowest BCUT2D eigenvalue weighted by atomic mass is 9.97. The molecule has 40 heavy (non-hydrogen) atoms. The molecule has 10 heteroatoms. The largest absolute Gasteiger partial charge is 0.508 e. The van der Waals surface area contributed by atoms with E-state index in [0.29, 0.717) is 40.4 Å². The van der Waals surface area contributed by atoms with Crippen molar-refractivity contribution in [2.24, 2.45) is 0 Å². The number of benzene rings is 2. The van der Waals surface area contributed by atoms with Gasteiger partial charge in [0.25, 0.3) is 5.91 Å². The van der Waals surface area contributed by atoms with Crippen molar-refractivity contribution in [3.8, 4) is 5.75 Å². The van der Waals surface area contributed by atoms with E-state index in [9.17, 15) is 19.5 Å². The Morgan fingerprint density at radius 1 is 1.12 bits per heavy atom. The number of anilines is 1. The number of phenolic OH excluding ortho intramolecular Hbond substituents is 1. The summed E-state index contributed by atoms with van der Waals surface area (Å²) in [5.41, 5.74) is 1.56. The predicted octanol–water partition coefficient (Wildman–Crippen LogP) is 6.62. The molecule has 2 aromatic carbocycles. The second-order valence-corrected chi connectivity index (χ2v) is 12.2. The van der Waals surface area contributed by atoms with Gasteiger partial charge in [-0.05, 0) is 101 Å². The maximum atomic E-state index is 14.3. The van der Waals surface area contributed by atoms with Crippen molar-refractivity contribution < 1.29 is 24.2 Å². The van der Waals surface area contributed by atoms with Gasteiger partial charge in [-0.25, -0.2) is 4.79 Å². The summed E-state index contributed by atoms with van der Waals surface area (Å²) in [5.74, 6) is -0.184. The molecule has 0 aromatic heterocycles. The number of nitrogens with zero attached hydrogens (tertiary/aromatic N) is 1. The Bertz CT molecular complexity index is 1180. The fraction of sp³-hybridized carbons (Fsp3) is 0.500. The predicted molar refractivity (Wildman–Crippen MR) is 163 cm³/mol. The highest BCUT2D eigenvalue weighted by atomic mass is 35.5. The van der Waals surface area contributed by atoms with Crippen LogP contribution in [0, 0.1) is 13.8 Å². The first-order valence-electron chi connectivity index (χ1n) is 13.4. The lowest BCUT2D eigenvalue weighted by Gasteiger charge is -2.38. The minimum absolute atomic E-state index is 0.0794. The van der Waals surface area contributed by atoms with Gasteiger partial charge in [0.15, 0.2) is 0 Å². The number of ether oxygens (including phenoxy) is 1. The lowest BCUT2D eigenvalue weighted by molar-refractivity contribution is -0.143. The summed E-state index contributed by atoms with van der Waals surface area (Å²) in [6.45, 7) is 12.6. The minimum atomic E-state index is -1.07. The highest BCUT2D eigenvalue weighted by Gasteiger charge is 2.39. The zero-order chi connectivity index (χ0) is 30.2. The average Bonchev–Trinajstić information content (AvgIpc) is 2.87. The van der Waals surface area contributed by atoms with Gasteiger partial charge in [-0.3, -0.25) is 9.59 Å². The first-order valence-corrected chi connectivity index (χ1v) is 15.1. The monoisotopic (exact) mass is 591 g/mol. The Kier molecular flexibility index (Phi) is 12.2. The van der Waals surface area contributed by atoms with Crippen LogP contribution in [-0.2, 0) is 14.3 Å². The van der Waals surface area contributed by atoms with Gasteiger partial charge < -0.3 is 25.4 Å². The summed E-state index contributed by atoms with van der Waals surface area (Å²) >= 11 is 7.98. The van der Waals surface area contributed by atoms with Crippen LogP contribution in [0.5, 0.6) is 5.75 Å². The SMILES string of the molecule is CCC(C)N(C(=O)C(CCSC)NC(=O)OC(C)(C)C)C(C(=O)Nc1c(C)cccc1Cl)c1ccc(O)c(C)c1. The number of hydrogen-bond acceptors (Lipinski definition) is 6. The molecule has 0 aliphatic heterocycles. The molecule has 2 aromatic rings. The number of amides is 3. The van der Waals surface area contributed by atoms with Gasteiger partial charge in [0.05, 0.1) is 10.7 Å². The van der Waals surface area contributed by atoms with Gasteiger partial charge in [-0.2, -0.15) is 11.8 Å². The molecule has 2 rings (SSSR count). The van der Waals surface area contributed by atoms with Crippen LogP contribution in [0.3, 0.4) is 0 Å². The number of aromatic hydroxyl groups is 1. The molecule has 8 nitrogen and oxygen atoms in total. The molecule has 0 saturated carbocycles. The van der Waals surface area contributed by atoms with E-state index in [1.165, 1.54) is 11.0 Å². The number of thioether (sulfide) groups is 1. The fourth-order valence-electron chi connectivity index (χ4n) is 4.19. The van der Waals surface area contributed by atoms with E-state index in [1.807, 2.05) is 33.1 Å². The van der Waals surface area contributed by atoms with Crippen LogP contribution < -0.4 is 10.6 Å². The Balaban J connectivity index is 2.63. The number of aryl methyl sites for hydroxylation is 2. The summed E-state index contributed by atoms with van der Waals surface area (Å²) < 4.78 is 5.44. The number of phenols is 1. The lowest BCUT2D eigenvalue weighted by Crippen LogP contribution is -2.55. The van der Waals surface area contributed by atoms with Crippen molar-refractivity contribution >= 4 is 47.0 Å². The molecule has 3 N–H and O–H groups in total. The van der Waals surface area contributed by atoms with Gasteiger partial charge in [-0.1, -0.05) is 36.7 Å². The fourth-order valence-corrected chi connectivity index (χ4v) is 4.93. The number of halogens is 1. The molecule has 0 fully saturated rings. The third-order valence-corrected chi connectivity index (χ3v) is 7.41. The molecule has 3 amide bonds. The molecule has 3 atom stereocenters. The Hall–Kier alpha value is -2.91. The van der Waals surface area contributed by atoms with E-state index in [-0.39, 0.29) is 11.8 Å². The van der Waals surface area contributed by atoms with Gasteiger partial charge in [-0.15, -0.1) is 0 Å². The average molecular weight is 592 g/mol. The highest BCUT2D eigenvalue weighted by Crippen LogP contribution is 2.32. The number of rotatable bonds is 11. The molecule has 0 aliphatic rings. The smallest absolute Gasteiger partial charge is 0.408 e. The third-order valence-electron chi connectivity index (χ3n) is 6.45. The molecular formula is C30H42ClN3O5S. The molecular weight excluding hydrogens is 550 g/mol. The Labute approximate surface area is 247 Å². The van der Waals surface area contributed by atoms with Crippen molar-refractivity contribution in [2.45, 2.75) is 85.0 Å². The van der Waals surface area contributed by atoms with Crippen LogP contribution in [0.1, 0.15) is 70.2 Å². The number of para-hydroxylation sites is 1. The maximum Gasteiger partial charge on any atom is 0.408 e. The van der Waals surface area contributed by atoms with Crippen LogP contribution in [0.2, 0.25) is 5.02 Å². The maximum absolute atomic E-state index is 14.3. The van der Waals surface area contributed by atoms with Gasteiger partial charge in [0.2, 0.25) is 5.91 Å². The zero-order valence-electron chi connectivity index (χ0n) is 24.6. The number of nitrogens with one attached hydrogen (secondary N) is 2. The van der Waals surface area contributed by atoms with Crippen molar-refractivity contribution in [3.63, 3.8) is 0 Å². The van der Waals surface area contributed by atoms with Gasteiger partial charge in [0, 0.05) is 6.04 Å². The van der Waals surface area contributed by atoms with E-state index in [1.54, 1.807) is 63.7 Å². The summed E-state index contributed by atoms with van der Waals surface area (Å²) in [4.78, 5) is 42.6. The molecule has 220 valence electrons. The first kappa shape index (κ1) is 33.3. The number of carbonyl (C=O) groups is 3. The molecule has 0 heterocycles. The van der Waals surface area contributed by atoms with Crippen molar-refractivity contribution in [3.05, 3.63) is 58.1 Å². The van der Waals surface area contributed by atoms with E-state index in [0.717, 1.165) is 5.56 Å². The Morgan fingerprint density at radius 3 is 2.35 bits per heavy atom. The molecule has 0 aliphatic carbocycles. The number of alkyl carbamates (subject to hydrolysis) is 1. The molecule has 0 saturated heterocycles. The van der Waals surface area contributed by atoms with Crippen LogP contribution in [-0.4, -0.2) is 57.6 Å². The molecule has 0 radical (unpaired) electrons. The van der Waals surface area contributed by atoms with E-state index in [2.05, 4.69) is 10.6 Å². The summed E-state index contributed by atoms with van der Waals surface area (Å²) in [6, 6.07) is 7.78. The zero-order valence-corrected chi connectivity index (χ0v) is 26.2. The summed E-state index contributed by atoms with van der Waals surface area (Å²) in [5, 5.41) is 16.2. The van der Waals surface area contributed by atoms with Gasteiger partial charge in [0.1, 0.15) is 23.4 Å². The molecule has 3 unspecified atom stereocenters. The van der Waals surface area contributed by atoms with E-state index in [4.69, 9.17) is 16.3 Å². The summed E-state index contributed by atoms with van der Waals surface area (Å²) in [6.07, 6.45) is 2.12. The van der Waals surface area contributed by atoms with Crippen molar-refractivity contribution in [1.29, 1.82) is 0 Å². The normalized spacial score (nSPS) is 13.6. The van der Waals surface area contributed by atoms with Gasteiger partial charge >= 0.3 is 6.09 Å². The molecule has 0 spiro atoms. The second-order valence-electron chi connectivity index (χ2n) is 10.9. The van der Waals surface area contributed by atoms with Crippen LogP contribution >= 0.6 is 23.4 Å². The minimum Gasteiger partial charge on any atom is -0.508 e. The Morgan fingerprint density at radius 2 is 1.80 bits per heavy atom. The summed E-state index contributed by atoms with van der Waals surface area (Å²) in [7, 11) is 0. The highest BCUT2D eigenvalue weighted by molar-refractivity contribution is 7.98. The van der Waals surface area contributed by atoms with Crippen molar-refractivity contribution in [1.82, 2.24) is 10.2 Å². The van der Waals surface area contributed by atoms with Crippen LogP contribution in [0.4, 0.5) is 10.5 Å². The third kappa shape index (κ3) is 9.06. The molecule has 0 bridgehead atoms. The first-order chi connectivity index (χ1) is 18.7.